The number of nitrogens with zero attached hydrogens (tertiary/aromatic N) is 2. The quantitative estimate of drug-likeness (QED) is 0.261. The Balaban J connectivity index is 0.000000797. The van der Waals surface area contributed by atoms with Crippen molar-refractivity contribution in [2.24, 2.45) is 10.7 Å². The highest BCUT2D eigenvalue weighted by Crippen LogP contribution is 2.43. The third-order valence-electron chi connectivity index (χ3n) is 6.51. The third-order valence-corrected chi connectivity index (χ3v) is 6.51. The van der Waals surface area contributed by atoms with Gasteiger partial charge in [-0.05, 0) is 30.7 Å². The molecule has 5 nitrogen and oxygen atoms in total. The number of halogens is 3. The Labute approximate surface area is 249 Å². The van der Waals surface area contributed by atoms with Crippen LogP contribution < -0.4 is 21.3 Å². The summed E-state index contributed by atoms with van der Waals surface area (Å²) < 4.78 is 41.8. The second-order valence-corrected chi connectivity index (χ2v) is 10.1. The summed E-state index contributed by atoms with van der Waals surface area (Å²) in [5.41, 5.74) is 9.85. The van der Waals surface area contributed by atoms with Crippen LogP contribution >= 0.6 is 0 Å². The number of nitrogens with one attached hydrogen (secondary N) is 2. The first-order chi connectivity index (χ1) is 20.0. The van der Waals surface area contributed by atoms with E-state index in [1.807, 2.05) is 49.4 Å². The lowest BCUT2D eigenvalue weighted by Crippen LogP contribution is -2.36. The van der Waals surface area contributed by atoms with Gasteiger partial charge in [0.15, 0.2) is 0 Å². The van der Waals surface area contributed by atoms with Crippen LogP contribution in [0.25, 0.3) is 5.70 Å². The van der Waals surface area contributed by atoms with Crippen LogP contribution in [0.2, 0.25) is 0 Å². The van der Waals surface area contributed by atoms with Crippen molar-refractivity contribution in [3.63, 3.8) is 0 Å². The first kappa shape index (κ1) is 34.4. The van der Waals surface area contributed by atoms with Gasteiger partial charge in [0.05, 0.1) is 16.9 Å². The van der Waals surface area contributed by atoms with E-state index in [0.717, 1.165) is 34.1 Å². The van der Waals surface area contributed by atoms with E-state index in [2.05, 4.69) is 44.9 Å². The minimum atomic E-state index is -4.51. The Kier molecular flexibility index (Phi) is 13.6. The lowest BCUT2D eigenvalue weighted by atomic mass is 9.99. The molecule has 228 valence electrons. The lowest BCUT2D eigenvalue weighted by molar-refractivity contribution is -0.138. The minimum Gasteiger partial charge on any atom is -0.382 e. The normalized spacial score (nSPS) is 13.9. The molecule has 1 aliphatic heterocycles. The first-order valence-corrected chi connectivity index (χ1v) is 14.6. The summed E-state index contributed by atoms with van der Waals surface area (Å²) in [4.78, 5) is 6.55. The van der Waals surface area contributed by atoms with Crippen molar-refractivity contribution in [3.8, 4) is 0 Å². The molecule has 0 bridgehead atoms. The van der Waals surface area contributed by atoms with Crippen molar-refractivity contribution in [1.82, 2.24) is 5.32 Å². The number of hydrogen-bond donors (Lipinski definition) is 3. The van der Waals surface area contributed by atoms with E-state index < -0.39 is 17.9 Å². The number of aryl methyl sites for hydroxylation is 1. The van der Waals surface area contributed by atoms with Crippen LogP contribution in [0.1, 0.15) is 80.9 Å². The van der Waals surface area contributed by atoms with Gasteiger partial charge < -0.3 is 21.3 Å². The van der Waals surface area contributed by atoms with Gasteiger partial charge in [-0.3, -0.25) is 0 Å². The number of aliphatic imine (C=N–C) groups is 1. The van der Waals surface area contributed by atoms with Gasteiger partial charge in [-0.25, -0.2) is 4.99 Å². The maximum atomic E-state index is 13.9. The highest BCUT2D eigenvalue weighted by molar-refractivity contribution is 6.10. The maximum Gasteiger partial charge on any atom is 0.416 e. The fourth-order valence-corrected chi connectivity index (χ4v) is 4.34. The van der Waals surface area contributed by atoms with E-state index in [4.69, 9.17) is 10.7 Å². The molecule has 0 amide bonds. The highest BCUT2D eigenvalue weighted by Gasteiger charge is 2.38. The van der Waals surface area contributed by atoms with E-state index in [1.54, 1.807) is 18.0 Å². The second-order valence-electron chi connectivity index (χ2n) is 10.1. The molecule has 0 fully saturated rings. The number of hydrogen-bond acceptors (Lipinski definition) is 5. The molecule has 3 aromatic rings. The molecule has 4 N–H and O–H groups in total. The molecule has 0 spiro atoms. The Morgan fingerprint density at radius 1 is 0.952 bits per heavy atom. The first-order valence-electron chi connectivity index (χ1n) is 14.6. The number of alkyl halides is 3. The minimum absolute atomic E-state index is 0.0718. The molecule has 8 heteroatoms. The van der Waals surface area contributed by atoms with Gasteiger partial charge in [0.1, 0.15) is 12.0 Å². The summed E-state index contributed by atoms with van der Waals surface area (Å²) in [6, 6.07) is 19.0. The van der Waals surface area contributed by atoms with E-state index in [1.165, 1.54) is 31.4 Å². The number of para-hydroxylation sites is 1. The van der Waals surface area contributed by atoms with Crippen molar-refractivity contribution in [1.29, 1.82) is 0 Å². The zero-order valence-electron chi connectivity index (χ0n) is 25.8. The van der Waals surface area contributed by atoms with Crippen molar-refractivity contribution in [2.75, 3.05) is 30.4 Å². The Morgan fingerprint density at radius 2 is 1.57 bits per heavy atom. The zero-order valence-corrected chi connectivity index (χ0v) is 25.8. The van der Waals surface area contributed by atoms with Crippen LogP contribution in [0.3, 0.4) is 0 Å². The molecule has 1 heterocycles. The van der Waals surface area contributed by atoms with Gasteiger partial charge in [0.25, 0.3) is 0 Å². The second kappa shape index (κ2) is 16.6. The van der Waals surface area contributed by atoms with E-state index in [-0.39, 0.29) is 5.56 Å². The summed E-state index contributed by atoms with van der Waals surface area (Å²) >= 11 is 0. The molecular weight excluding hydrogens is 535 g/mol. The molecule has 1 aliphatic rings. The molecule has 42 heavy (non-hydrogen) atoms. The number of rotatable bonds is 7. The zero-order chi connectivity index (χ0) is 31.3. The van der Waals surface area contributed by atoms with Gasteiger partial charge in [-0.1, -0.05) is 102 Å². The fourth-order valence-electron chi connectivity index (χ4n) is 4.34. The number of nitrogens with two attached hydrogens (primary N) is 1. The highest BCUT2D eigenvalue weighted by atomic mass is 19.4. The predicted octanol–water partition coefficient (Wildman–Crippen LogP) is 8.76. The van der Waals surface area contributed by atoms with Crippen LogP contribution in [-0.4, -0.2) is 26.0 Å². The number of benzene rings is 3. The number of unbranched alkanes of at least 4 members (excludes halogenated alkanes) is 1. The SMILES string of the molecule is C=C(NC1=NC(c2ccccc2C(F)(F)F)N(C)c2c(NCCN)cccc21)c1ccccc1C.CCC.CCCC. The van der Waals surface area contributed by atoms with Crippen LogP contribution in [0.5, 0.6) is 0 Å². The number of amidine groups is 1. The summed E-state index contributed by atoms with van der Waals surface area (Å²) in [6.07, 6.45) is -1.53. The number of fused-ring (bicyclic) bond motifs is 1. The van der Waals surface area contributed by atoms with Crippen molar-refractivity contribution in [3.05, 3.63) is 101 Å². The average Bonchev–Trinajstić information content (AvgIpc) is 2.97. The van der Waals surface area contributed by atoms with E-state index in [0.29, 0.717) is 24.6 Å². The largest absolute Gasteiger partial charge is 0.416 e. The smallest absolute Gasteiger partial charge is 0.382 e. The summed E-state index contributed by atoms with van der Waals surface area (Å²) in [5.74, 6) is 0.449. The predicted molar refractivity (Wildman–Crippen MR) is 173 cm³/mol. The van der Waals surface area contributed by atoms with Crippen LogP contribution in [0.4, 0.5) is 24.5 Å². The Morgan fingerprint density at radius 3 is 2.17 bits per heavy atom. The average molecular weight is 582 g/mol. The summed E-state index contributed by atoms with van der Waals surface area (Å²) in [6.45, 7) is 15.7. The van der Waals surface area contributed by atoms with E-state index in [9.17, 15) is 13.2 Å². The molecule has 0 saturated heterocycles. The third kappa shape index (κ3) is 8.86. The van der Waals surface area contributed by atoms with Crippen molar-refractivity contribution in [2.45, 2.75) is 66.2 Å². The van der Waals surface area contributed by atoms with Crippen molar-refractivity contribution < 1.29 is 13.2 Å². The Hall–Kier alpha value is -3.78. The molecule has 1 unspecified atom stereocenters. The molecule has 1 atom stereocenters. The van der Waals surface area contributed by atoms with Gasteiger partial charge in [-0.15, -0.1) is 0 Å². The van der Waals surface area contributed by atoms with Gasteiger partial charge in [0.2, 0.25) is 0 Å². The van der Waals surface area contributed by atoms with Crippen LogP contribution in [0, 0.1) is 6.92 Å². The fraction of sp³-hybridized carbons (Fsp3) is 0.382. The molecule has 0 saturated carbocycles. The maximum absolute atomic E-state index is 13.9. The monoisotopic (exact) mass is 581 g/mol. The summed E-state index contributed by atoms with van der Waals surface area (Å²) in [5, 5.41) is 6.58. The number of anilines is 2. The van der Waals surface area contributed by atoms with Crippen molar-refractivity contribution >= 4 is 22.9 Å². The Bertz CT molecular complexity index is 1310. The molecule has 0 aromatic heterocycles. The summed E-state index contributed by atoms with van der Waals surface area (Å²) in [7, 11) is 1.75. The lowest BCUT2D eigenvalue weighted by Gasteiger charge is -2.37. The standard InChI is InChI=1S/C27H28F3N5.C4H10.C3H8/c1-17-9-4-5-10-19(17)18(2)33-25-21-12-8-14-23(32-16-15-31)24(21)35(3)26(34-25)20-11-6-7-13-22(20)27(28,29)30;1-3-4-2;1-3-2/h4-14,26,32H,2,15-16,31H2,1,3H3,(H,33,34);3-4H2,1-2H3;3H2,1-2H3. The molecule has 0 aliphatic carbocycles. The van der Waals surface area contributed by atoms with Crippen LogP contribution in [-0.2, 0) is 6.18 Å². The molecular formula is C34H46F3N5. The van der Waals surface area contributed by atoms with Gasteiger partial charge in [-0.2, -0.15) is 13.2 Å². The van der Waals surface area contributed by atoms with Crippen LogP contribution in [0.15, 0.2) is 78.3 Å². The topological polar surface area (TPSA) is 65.7 Å². The van der Waals surface area contributed by atoms with Gasteiger partial charge >= 0.3 is 6.18 Å². The molecule has 4 rings (SSSR count). The molecule has 0 radical (unpaired) electrons. The van der Waals surface area contributed by atoms with Gasteiger partial charge in [0, 0.05) is 42.5 Å². The van der Waals surface area contributed by atoms with E-state index >= 15 is 0 Å². The molecule has 3 aromatic carbocycles.